The van der Waals surface area contributed by atoms with Crippen LogP contribution >= 0.6 is 7.53 Å². The van der Waals surface area contributed by atoms with Crippen molar-refractivity contribution < 1.29 is 4.52 Å². The summed E-state index contributed by atoms with van der Waals surface area (Å²) >= 11 is 4.29. The van der Waals surface area contributed by atoms with Crippen molar-refractivity contribution in [3.63, 3.8) is 0 Å². The van der Waals surface area contributed by atoms with Gasteiger partial charge in [0.1, 0.15) is 0 Å². The summed E-state index contributed by atoms with van der Waals surface area (Å²) in [6.45, 7) is 0. The fraction of sp³-hybridized carbons (Fsp3) is 1.00. The van der Waals surface area contributed by atoms with Crippen molar-refractivity contribution in [1.82, 2.24) is 0 Å². The molecule has 0 aromatic carbocycles. The molecule has 0 saturated heterocycles. The van der Waals surface area contributed by atoms with E-state index < -0.39 is 7.53 Å². The zero-order valence-corrected chi connectivity index (χ0v) is 3.97. The van der Waals surface area contributed by atoms with Gasteiger partial charge in [-0.15, -0.1) is 0 Å². The van der Waals surface area contributed by atoms with Crippen molar-refractivity contribution in [2.24, 2.45) is 0 Å². The molecule has 1 atom stereocenters. The van der Waals surface area contributed by atoms with Crippen LogP contribution in [0.15, 0.2) is 0 Å². The molecule has 0 fully saturated rings. The minimum absolute atomic E-state index is 1.26. The minimum Gasteiger partial charge on any atom is -0.173 e. The molecular formula is CH4OPS+. The number of rotatable bonds is 1. The van der Waals surface area contributed by atoms with Gasteiger partial charge in [-0.3, -0.25) is 0 Å². The van der Waals surface area contributed by atoms with Crippen molar-refractivity contribution in [3.8, 4) is 0 Å². The third-order valence-corrected chi connectivity index (χ3v) is 0.671. The predicted molar refractivity (Wildman–Crippen MR) is 22.7 cm³/mol. The highest BCUT2D eigenvalue weighted by Crippen LogP contribution is 1.84. The van der Waals surface area contributed by atoms with Gasteiger partial charge in [0.2, 0.25) is 0 Å². The molecule has 0 bridgehead atoms. The smallest absolute Gasteiger partial charge is 0.173 e. The molecule has 0 aliphatic rings. The Kier molecular flexibility index (Phi) is 2.35. The second-order valence-corrected chi connectivity index (χ2v) is 1.22. The molecule has 0 saturated carbocycles. The molecule has 4 heavy (non-hydrogen) atoms. The minimum atomic E-state index is -1.26. The van der Waals surface area contributed by atoms with Gasteiger partial charge < -0.3 is 0 Å². The van der Waals surface area contributed by atoms with E-state index in [0.717, 1.165) is 0 Å². The van der Waals surface area contributed by atoms with Crippen molar-refractivity contribution in [1.29, 1.82) is 1.28 Å². The topological polar surface area (TPSA) is 9.23 Å². The highest BCUT2D eigenvalue weighted by atomic mass is 32.4. The molecule has 0 radical (unpaired) electrons. The summed E-state index contributed by atoms with van der Waals surface area (Å²) in [6, 6.07) is 0. The van der Waals surface area contributed by atoms with Gasteiger partial charge in [-0.1, -0.05) is 0 Å². The summed E-state index contributed by atoms with van der Waals surface area (Å²) < 4.78 is 10.8. The standard InChI is InChI=1S/CH3OPS/c1-2-3-4/h1H3/p+1/i/hD. The Balaban J connectivity index is 2.85. The Morgan fingerprint density at radius 1 is 2.50 bits per heavy atom. The molecule has 1 unspecified atom stereocenters. The maximum Gasteiger partial charge on any atom is 0.393 e. The number of hydrogen-bond acceptors (Lipinski definition) is 2. The maximum atomic E-state index is 6.48. The van der Waals surface area contributed by atoms with Crippen molar-refractivity contribution in [2.45, 2.75) is 0 Å². The lowest BCUT2D eigenvalue weighted by molar-refractivity contribution is 0.487. The van der Waals surface area contributed by atoms with E-state index in [4.69, 9.17) is 1.28 Å². The Hall–Kier alpha value is 0.480. The zero-order valence-electron chi connectivity index (χ0n) is 3.26. The van der Waals surface area contributed by atoms with Crippen LogP contribution in [-0.2, 0) is 16.3 Å². The average molecular weight is 96.1 g/mol. The van der Waals surface area contributed by atoms with Crippen LogP contribution in [-0.4, -0.2) is 8.39 Å². The summed E-state index contributed by atoms with van der Waals surface area (Å²) in [4.78, 5) is 0. The normalized spacial score (nSPS) is 14.2. The first-order chi connectivity index (χ1) is 2.27. The predicted octanol–water partition coefficient (Wildman–Crippen LogP) is 0.688. The van der Waals surface area contributed by atoms with Gasteiger partial charge in [-0.05, 0) is 0 Å². The third kappa shape index (κ3) is 2.48. The molecule has 0 spiro atoms. The van der Waals surface area contributed by atoms with E-state index in [2.05, 4.69) is 16.3 Å². The van der Waals surface area contributed by atoms with E-state index in [1.807, 2.05) is 0 Å². The first-order valence-corrected chi connectivity index (χ1v) is 2.60. The van der Waals surface area contributed by atoms with Crippen LogP contribution in [0.25, 0.3) is 0 Å². The Morgan fingerprint density at radius 3 is 2.75 bits per heavy atom. The fourth-order valence-electron chi connectivity index (χ4n) is 0. The lowest BCUT2D eigenvalue weighted by Gasteiger charge is -1.48. The van der Waals surface area contributed by atoms with Crippen LogP contribution in [0.3, 0.4) is 0 Å². The molecule has 0 heterocycles. The molecule has 0 aromatic heterocycles. The molecule has 1 nitrogen and oxygen atoms in total. The van der Waals surface area contributed by atoms with E-state index in [9.17, 15) is 0 Å². The van der Waals surface area contributed by atoms with Crippen LogP contribution in [0, 0.1) is 0 Å². The monoisotopic (exact) mass is 96.0 g/mol. The summed E-state index contributed by atoms with van der Waals surface area (Å²) in [7, 11) is 0.171. The van der Waals surface area contributed by atoms with Crippen LogP contribution in [0.5, 0.6) is 0 Å². The van der Waals surface area contributed by atoms with E-state index in [-0.39, 0.29) is 0 Å². The SMILES string of the molecule is [2H][P+](=S)OC. The van der Waals surface area contributed by atoms with Gasteiger partial charge in [-0.25, -0.2) is 0 Å². The molecular weight excluding hydrogens is 91.1 g/mol. The maximum absolute atomic E-state index is 6.48. The highest BCUT2D eigenvalue weighted by Gasteiger charge is 1.59. The molecule has 0 aromatic rings. The van der Waals surface area contributed by atoms with Gasteiger partial charge in [0.15, 0.2) is 11.8 Å². The first-order valence-electron chi connectivity index (χ1n) is 1.22. The van der Waals surface area contributed by atoms with Crippen LogP contribution in [0.1, 0.15) is 0 Å². The van der Waals surface area contributed by atoms with Crippen LogP contribution < -0.4 is 0 Å². The van der Waals surface area contributed by atoms with Crippen molar-refractivity contribution >= 4 is 19.3 Å². The van der Waals surface area contributed by atoms with Crippen molar-refractivity contribution in [2.75, 3.05) is 7.11 Å². The van der Waals surface area contributed by atoms with Gasteiger partial charge in [0.25, 0.3) is 0 Å². The molecule has 0 rings (SSSR count). The highest BCUT2D eigenvalue weighted by molar-refractivity contribution is 7.94. The second kappa shape index (κ2) is 3.48. The zero-order chi connectivity index (χ0) is 4.28. The van der Waals surface area contributed by atoms with Gasteiger partial charge in [-0.2, -0.15) is 4.52 Å². The fourth-order valence-corrected chi connectivity index (χ4v) is 0. The molecule has 24 valence electrons. The summed E-state index contributed by atoms with van der Waals surface area (Å²) in [5, 5.41) is 0. The van der Waals surface area contributed by atoms with E-state index in [1.165, 1.54) is 7.11 Å². The van der Waals surface area contributed by atoms with Crippen LogP contribution in [0.4, 0.5) is 0 Å². The molecule has 0 aliphatic heterocycles. The number of hydrogen-bond donors (Lipinski definition) is 0. The van der Waals surface area contributed by atoms with E-state index in [1.54, 1.807) is 0 Å². The summed E-state index contributed by atoms with van der Waals surface area (Å²) in [6.07, 6.45) is 0. The van der Waals surface area contributed by atoms with Crippen molar-refractivity contribution in [3.05, 3.63) is 0 Å². The van der Waals surface area contributed by atoms with Gasteiger partial charge in [0, 0.05) is 0 Å². The van der Waals surface area contributed by atoms with Gasteiger partial charge >= 0.3 is 8.81 Å². The lowest BCUT2D eigenvalue weighted by atomic mass is 11.8. The van der Waals surface area contributed by atoms with Crippen LogP contribution in [0.2, 0.25) is 0 Å². The van der Waals surface area contributed by atoms with Gasteiger partial charge in [0.05, 0.1) is 7.11 Å². The Morgan fingerprint density at radius 2 is 2.75 bits per heavy atom. The second-order valence-electron chi connectivity index (χ2n) is 0.257. The lowest BCUT2D eigenvalue weighted by Crippen LogP contribution is -1.41. The molecule has 0 amide bonds. The largest absolute Gasteiger partial charge is 0.393 e. The van der Waals surface area contributed by atoms with E-state index in [0.29, 0.717) is 0 Å². The first kappa shape index (κ1) is 2.70. The average Bonchev–Trinajstić information content (AvgIpc) is 1.38. The Labute approximate surface area is 33.2 Å². The van der Waals surface area contributed by atoms with E-state index >= 15 is 0 Å². The molecule has 3 heteroatoms. The molecule has 0 aliphatic carbocycles. The summed E-state index contributed by atoms with van der Waals surface area (Å²) in [5.74, 6) is 0. The quantitative estimate of drug-likeness (QED) is 0.444. The third-order valence-electron chi connectivity index (χ3n) is 0.0745. The molecule has 0 N–H and O–H groups in total. The Bertz CT molecular complexity index is 46.9. The summed E-state index contributed by atoms with van der Waals surface area (Å²) in [5.41, 5.74) is 0.